The predicted molar refractivity (Wildman–Crippen MR) is 97.6 cm³/mol. The number of carbonyl (C=O) groups is 1. The van der Waals surface area contributed by atoms with E-state index >= 15 is 0 Å². The molecule has 0 saturated carbocycles. The third-order valence-electron chi connectivity index (χ3n) is 4.59. The number of aliphatic hydroxyl groups excluding tert-OH is 1. The zero-order valence-electron chi connectivity index (χ0n) is 14.5. The number of carbonyl (C=O) groups excluding carboxylic acids is 1. The smallest absolute Gasteiger partial charge is 0.254 e. The summed E-state index contributed by atoms with van der Waals surface area (Å²) >= 11 is 0. The van der Waals surface area contributed by atoms with Crippen molar-refractivity contribution >= 4 is 22.8 Å². The van der Waals surface area contributed by atoms with Gasteiger partial charge in [0.15, 0.2) is 0 Å². The van der Waals surface area contributed by atoms with Gasteiger partial charge in [-0.15, -0.1) is 0 Å². The van der Waals surface area contributed by atoms with Gasteiger partial charge >= 0.3 is 0 Å². The highest BCUT2D eigenvalue weighted by molar-refractivity contribution is 5.94. The number of pyridine rings is 2. The van der Waals surface area contributed by atoms with Gasteiger partial charge in [0.2, 0.25) is 0 Å². The first kappa shape index (κ1) is 16.7. The molecular weight excluding hydrogens is 332 g/mol. The number of hydrogen-bond acceptors (Lipinski definition) is 5. The van der Waals surface area contributed by atoms with Crippen LogP contribution in [0, 0.1) is 0 Å². The monoisotopic (exact) mass is 352 g/mol. The van der Waals surface area contributed by atoms with Crippen LogP contribution in [0.15, 0.2) is 36.4 Å². The number of nitrogens with one attached hydrogen (secondary N) is 1. The molecule has 7 nitrogen and oxygen atoms in total. The SMILES string of the molecule is CCC1COCC(=O)N1c1cccc(-c2ccc3[nH]c(CO)cc3n2)n1. The molecule has 7 heteroatoms. The number of morpholine rings is 1. The van der Waals surface area contributed by atoms with Gasteiger partial charge in [0.05, 0.1) is 41.7 Å². The fourth-order valence-corrected chi connectivity index (χ4v) is 3.24. The summed E-state index contributed by atoms with van der Waals surface area (Å²) < 4.78 is 5.36. The molecule has 1 unspecified atom stereocenters. The Hall–Kier alpha value is -2.77. The van der Waals surface area contributed by atoms with Gasteiger partial charge in [-0.2, -0.15) is 0 Å². The largest absolute Gasteiger partial charge is 0.390 e. The van der Waals surface area contributed by atoms with Gasteiger partial charge in [0, 0.05) is 5.69 Å². The van der Waals surface area contributed by atoms with Crippen LogP contribution in [0.4, 0.5) is 5.82 Å². The number of aliphatic hydroxyl groups is 1. The summed E-state index contributed by atoms with van der Waals surface area (Å²) in [5.74, 6) is 0.545. The summed E-state index contributed by atoms with van der Waals surface area (Å²) in [4.78, 5) is 26.5. The van der Waals surface area contributed by atoms with Crippen LogP contribution >= 0.6 is 0 Å². The first-order valence-electron chi connectivity index (χ1n) is 8.66. The highest BCUT2D eigenvalue weighted by Crippen LogP contribution is 2.25. The number of amides is 1. The Bertz CT molecular complexity index is 953. The van der Waals surface area contributed by atoms with E-state index in [0.717, 1.165) is 28.8 Å². The summed E-state index contributed by atoms with van der Waals surface area (Å²) in [5, 5.41) is 9.26. The Morgan fingerprint density at radius 1 is 1.27 bits per heavy atom. The van der Waals surface area contributed by atoms with E-state index in [2.05, 4.69) is 15.0 Å². The number of anilines is 1. The van der Waals surface area contributed by atoms with Crippen molar-refractivity contribution in [2.45, 2.75) is 26.0 Å². The van der Waals surface area contributed by atoms with Crippen molar-refractivity contribution in [2.24, 2.45) is 0 Å². The van der Waals surface area contributed by atoms with Gasteiger partial charge < -0.3 is 14.8 Å². The standard InChI is InChI=1S/C19H20N4O3/c1-2-13-10-26-11-19(25)23(13)18-5-3-4-14(22-18)15-6-7-16-17(21-15)8-12(9-24)20-16/h3-8,13,20,24H,2,9-11H2,1H3. The summed E-state index contributed by atoms with van der Waals surface area (Å²) in [6, 6.07) is 11.2. The molecule has 0 aromatic carbocycles. The van der Waals surface area contributed by atoms with Crippen molar-refractivity contribution in [1.82, 2.24) is 15.0 Å². The van der Waals surface area contributed by atoms with E-state index in [1.807, 2.05) is 43.3 Å². The summed E-state index contributed by atoms with van der Waals surface area (Å²) in [5.41, 5.74) is 3.77. The average Bonchev–Trinajstić information content (AvgIpc) is 3.10. The molecule has 0 spiro atoms. The van der Waals surface area contributed by atoms with E-state index in [9.17, 15) is 9.90 Å². The average molecular weight is 352 g/mol. The topological polar surface area (TPSA) is 91.3 Å². The fraction of sp³-hybridized carbons (Fsp3) is 0.316. The maximum Gasteiger partial charge on any atom is 0.254 e. The fourth-order valence-electron chi connectivity index (χ4n) is 3.24. The van der Waals surface area contributed by atoms with Gasteiger partial charge in [-0.25, -0.2) is 9.97 Å². The first-order valence-corrected chi connectivity index (χ1v) is 8.66. The van der Waals surface area contributed by atoms with Crippen LogP contribution in [-0.4, -0.2) is 45.2 Å². The zero-order valence-corrected chi connectivity index (χ0v) is 14.5. The van der Waals surface area contributed by atoms with Crippen LogP contribution in [0.1, 0.15) is 19.0 Å². The summed E-state index contributed by atoms with van der Waals surface area (Å²) in [6.07, 6.45) is 0.801. The van der Waals surface area contributed by atoms with Crippen LogP contribution in [0.3, 0.4) is 0 Å². The van der Waals surface area contributed by atoms with Crippen molar-refractivity contribution in [3.8, 4) is 11.4 Å². The van der Waals surface area contributed by atoms with Crippen molar-refractivity contribution in [3.05, 3.63) is 42.1 Å². The minimum Gasteiger partial charge on any atom is -0.390 e. The van der Waals surface area contributed by atoms with Crippen molar-refractivity contribution in [2.75, 3.05) is 18.1 Å². The molecule has 4 heterocycles. The van der Waals surface area contributed by atoms with Crippen molar-refractivity contribution < 1.29 is 14.6 Å². The Labute approximate surface area is 150 Å². The minimum absolute atomic E-state index is 0.00812. The number of fused-ring (bicyclic) bond motifs is 1. The van der Waals surface area contributed by atoms with Gasteiger partial charge in [-0.05, 0) is 36.8 Å². The van der Waals surface area contributed by atoms with Gasteiger partial charge in [-0.3, -0.25) is 9.69 Å². The number of aromatic nitrogens is 3. The van der Waals surface area contributed by atoms with Crippen LogP contribution in [0.25, 0.3) is 22.4 Å². The molecule has 134 valence electrons. The van der Waals surface area contributed by atoms with Gasteiger partial charge in [-0.1, -0.05) is 13.0 Å². The third-order valence-corrected chi connectivity index (χ3v) is 4.59. The van der Waals surface area contributed by atoms with E-state index in [0.29, 0.717) is 18.1 Å². The maximum absolute atomic E-state index is 12.3. The molecule has 1 saturated heterocycles. The Morgan fingerprint density at radius 3 is 2.92 bits per heavy atom. The number of H-pyrrole nitrogens is 1. The highest BCUT2D eigenvalue weighted by atomic mass is 16.5. The molecule has 1 aliphatic rings. The number of rotatable bonds is 4. The minimum atomic E-state index is -0.0746. The van der Waals surface area contributed by atoms with Crippen molar-refractivity contribution in [1.29, 1.82) is 0 Å². The number of ether oxygens (including phenoxy) is 1. The molecule has 1 fully saturated rings. The van der Waals surface area contributed by atoms with Crippen LogP contribution in [0.2, 0.25) is 0 Å². The number of aromatic amines is 1. The van der Waals surface area contributed by atoms with Crippen LogP contribution in [-0.2, 0) is 16.1 Å². The lowest BCUT2D eigenvalue weighted by atomic mass is 10.1. The van der Waals surface area contributed by atoms with E-state index in [1.54, 1.807) is 4.90 Å². The maximum atomic E-state index is 12.3. The predicted octanol–water partition coefficient (Wildman–Crippen LogP) is 2.26. The molecule has 1 atom stereocenters. The van der Waals surface area contributed by atoms with E-state index in [4.69, 9.17) is 4.74 Å². The Kier molecular flexibility index (Phi) is 4.40. The molecule has 0 aliphatic carbocycles. The molecule has 4 rings (SSSR count). The third kappa shape index (κ3) is 2.95. The van der Waals surface area contributed by atoms with Gasteiger partial charge in [0.25, 0.3) is 5.91 Å². The lowest BCUT2D eigenvalue weighted by Crippen LogP contribution is -2.49. The van der Waals surface area contributed by atoms with E-state index in [-0.39, 0.29) is 25.2 Å². The highest BCUT2D eigenvalue weighted by Gasteiger charge is 2.29. The summed E-state index contributed by atoms with van der Waals surface area (Å²) in [7, 11) is 0. The zero-order chi connectivity index (χ0) is 18.1. The number of nitrogens with zero attached hydrogens (tertiary/aromatic N) is 3. The Morgan fingerprint density at radius 2 is 2.12 bits per heavy atom. The second-order valence-corrected chi connectivity index (χ2v) is 6.30. The second-order valence-electron chi connectivity index (χ2n) is 6.30. The van der Waals surface area contributed by atoms with Gasteiger partial charge in [0.1, 0.15) is 12.4 Å². The van der Waals surface area contributed by atoms with Crippen LogP contribution in [0.5, 0.6) is 0 Å². The number of hydrogen-bond donors (Lipinski definition) is 2. The molecule has 26 heavy (non-hydrogen) atoms. The molecule has 0 bridgehead atoms. The molecular formula is C19H20N4O3. The molecule has 1 amide bonds. The molecule has 0 radical (unpaired) electrons. The second kappa shape index (κ2) is 6.86. The molecule has 3 aromatic heterocycles. The van der Waals surface area contributed by atoms with Crippen LogP contribution < -0.4 is 4.90 Å². The summed E-state index contributed by atoms with van der Waals surface area (Å²) in [6.45, 7) is 2.58. The molecule has 1 aliphatic heterocycles. The van der Waals surface area contributed by atoms with Crippen molar-refractivity contribution in [3.63, 3.8) is 0 Å². The normalized spacial score (nSPS) is 17.8. The van der Waals surface area contributed by atoms with E-state index in [1.165, 1.54) is 0 Å². The Balaban J connectivity index is 1.72. The molecule has 3 aromatic rings. The lowest BCUT2D eigenvalue weighted by molar-refractivity contribution is -0.127. The molecule has 2 N–H and O–H groups in total. The first-order chi connectivity index (χ1) is 12.7. The van der Waals surface area contributed by atoms with E-state index < -0.39 is 0 Å². The quantitative estimate of drug-likeness (QED) is 0.751. The lowest BCUT2D eigenvalue weighted by Gasteiger charge is -2.34.